The first-order valence-electron chi connectivity index (χ1n) is 8.21. The molecule has 3 rings (SSSR count). The van der Waals surface area contributed by atoms with Gasteiger partial charge in [-0.1, -0.05) is 58.4 Å². The maximum atomic E-state index is 12.7. The third-order valence-electron chi connectivity index (χ3n) is 4.34. The summed E-state index contributed by atoms with van der Waals surface area (Å²) in [7, 11) is 0. The Morgan fingerprint density at radius 1 is 1.00 bits per heavy atom. The van der Waals surface area contributed by atoms with Crippen molar-refractivity contribution in [2.45, 2.75) is 12.5 Å². The molecule has 0 saturated carbocycles. The minimum Gasteiger partial charge on any atom is -0.507 e. The number of carboxylic acid groups (broad SMARTS) is 1. The van der Waals surface area contributed by atoms with E-state index in [4.69, 9.17) is 5.11 Å². The molecular weight excluding hydrogens is 414 g/mol. The van der Waals surface area contributed by atoms with Crippen molar-refractivity contribution < 1.29 is 24.6 Å². The summed E-state index contributed by atoms with van der Waals surface area (Å²) < 4.78 is 0.816. The van der Waals surface area contributed by atoms with Gasteiger partial charge in [-0.15, -0.1) is 0 Å². The molecule has 1 aliphatic rings. The van der Waals surface area contributed by atoms with E-state index in [1.165, 1.54) is 4.90 Å². The molecule has 1 fully saturated rings. The van der Waals surface area contributed by atoms with Crippen LogP contribution in [0.3, 0.4) is 0 Å². The summed E-state index contributed by atoms with van der Waals surface area (Å²) >= 11 is 3.34. The molecule has 1 heterocycles. The maximum absolute atomic E-state index is 12.7. The van der Waals surface area contributed by atoms with Crippen LogP contribution in [0.5, 0.6) is 0 Å². The number of amides is 1. The van der Waals surface area contributed by atoms with Crippen molar-refractivity contribution in [1.29, 1.82) is 0 Å². The van der Waals surface area contributed by atoms with Gasteiger partial charge in [0.15, 0.2) is 0 Å². The van der Waals surface area contributed by atoms with Crippen molar-refractivity contribution >= 4 is 39.3 Å². The third-order valence-corrected chi connectivity index (χ3v) is 4.87. The SMILES string of the molecule is O=C(O)CCN1C(=O)C(=O)/C(=C(\O)c2ccccc2)C1c1ccc(Br)cc1. The fourth-order valence-corrected chi connectivity index (χ4v) is 3.33. The molecule has 2 aromatic carbocycles. The van der Waals surface area contributed by atoms with Crippen molar-refractivity contribution in [3.63, 3.8) is 0 Å². The number of aliphatic hydroxyl groups is 1. The van der Waals surface area contributed by atoms with Gasteiger partial charge in [0.1, 0.15) is 5.76 Å². The Labute approximate surface area is 163 Å². The standard InChI is InChI=1S/C20H16BrNO5/c21-14-8-6-12(7-9-14)17-16(18(25)13-4-2-1-3-5-13)19(26)20(27)22(17)11-10-15(23)24/h1-9,17,25H,10-11H2,(H,23,24)/b18-16-. The van der Waals surface area contributed by atoms with E-state index < -0.39 is 23.7 Å². The molecular formula is C20H16BrNO5. The average Bonchev–Trinajstić information content (AvgIpc) is 2.91. The van der Waals surface area contributed by atoms with E-state index in [1.807, 2.05) is 0 Å². The van der Waals surface area contributed by atoms with Crippen LogP contribution in [0.4, 0.5) is 0 Å². The van der Waals surface area contributed by atoms with Crippen LogP contribution in [0, 0.1) is 0 Å². The van der Waals surface area contributed by atoms with E-state index in [0.717, 1.165) is 4.47 Å². The number of aliphatic carboxylic acids is 1. The summed E-state index contributed by atoms with van der Waals surface area (Å²) in [4.78, 5) is 37.4. The molecule has 2 aromatic rings. The number of ketones is 1. The maximum Gasteiger partial charge on any atom is 0.305 e. The number of carbonyl (C=O) groups excluding carboxylic acids is 2. The van der Waals surface area contributed by atoms with Crippen LogP contribution in [0.2, 0.25) is 0 Å². The Bertz CT molecular complexity index is 921. The van der Waals surface area contributed by atoms with Crippen LogP contribution >= 0.6 is 15.9 Å². The third kappa shape index (κ3) is 3.78. The van der Waals surface area contributed by atoms with Crippen LogP contribution in [-0.4, -0.2) is 39.3 Å². The fourth-order valence-electron chi connectivity index (χ4n) is 3.07. The molecule has 1 atom stereocenters. The zero-order chi connectivity index (χ0) is 19.6. The lowest BCUT2D eigenvalue weighted by Gasteiger charge is -2.24. The van der Waals surface area contributed by atoms with Crippen molar-refractivity contribution in [2.24, 2.45) is 0 Å². The van der Waals surface area contributed by atoms with Gasteiger partial charge in [-0.2, -0.15) is 0 Å². The van der Waals surface area contributed by atoms with Gasteiger partial charge in [0.05, 0.1) is 18.0 Å². The second-order valence-corrected chi connectivity index (χ2v) is 6.97. The molecule has 0 bridgehead atoms. The van der Waals surface area contributed by atoms with E-state index in [0.29, 0.717) is 11.1 Å². The topological polar surface area (TPSA) is 94.9 Å². The largest absolute Gasteiger partial charge is 0.507 e. The Morgan fingerprint density at radius 2 is 1.63 bits per heavy atom. The first-order valence-corrected chi connectivity index (χ1v) is 9.00. The zero-order valence-electron chi connectivity index (χ0n) is 14.1. The highest BCUT2D eigenvalue weighted by Gasteiger charge is 2.45. The highest BCUT2D eigenvalue weighted by molar-refractivity contribution is 9.10. The van der Waals surface area contributed by atoms with Crippen LogP contribution in [0.15, 0.2) is 64.6 Å². The number of likely N-dealkylation sites (tertiary alicyclic amines) is 1. The van der Waals surface area contributed by atoms with Crippen LogP contribution < -0.4 is 0 Å². The number of Topliss-reactive ketones (excluding diaryl/α,β-unsaturated/α-hetero) is 1. The summed E-state index contributed by atoms with van der Waals surface area (Å²) in [5.74, 6) is -2.99. The number of hydrogen-bond acceptors (Lipinski definition) is 4. The number of halogens is 1. The lowest BCUT2D eigenvalue weighted by Crippen LogP contribution is -2.31. The van der Waals surface area contributed by atoms with Gasteiger partial charge < -0.3 is 15.1 Å². The minimum atomic E-state index is -1.07. The molecule has 0 spiro atoms. The second kappa shape index (κ2) is 7.75. The number of rotatable bonds is 5. The van der Waals surface area contributed by atoms with Crippen LogP contribution in [-0.2, 0) is 14.4 Å². The molecule has 1 saturated heterocycles. The Balaban J connectivity index is 2.14. The number of carbonyl (C=O) groups is 3. The quantitative estimate of drug-likeness (QED) is 0.431. The summed E-state index contributed by atoms with van der Waals surface area (Å²) in [6.45, 7) is -0.133. The second-order valence-electron chi connectivity index (χ2n) is 6.05. The van der Waals surface area contributed by atoms with E-state index in [9.17, 15) is 19.5 Å². The Morgan fingerprint density at radius 3 is 2.22 bits per heavy atom. The van der Waals surface area contributed by atoms with E-state index >= 15 is 0 Å². The summed E-state index contributed by atoms with van der Waals surface area (Å²) in [6, 6.07) is 14.6. The summed E-state index contributed by atoms with van der Waals surface area (Å²) in [5.41, 5.74) is 0.982. The van der Waals surface area contributed by atoms with Gasteiger partial charge in [-0.3, -0.25) is 14.4 Å². The highest BCUT2D eigenvalue weighted by Crippen LogP contribution is 2.39. The molecule has 0 radical (unpaired) electrons. The van der Waals surface area contributed by atoms with Gasteiger partial charge in [-0.05, 0) is 17.7 Å². The normalized spacial score (nSPS) is 18.7. The van der Waals surface area contributed by atoms with Gasteiger partial charge in [-0.25, -0.2) is 0 Å². The summed E-state index contributed by atoms with van der Waals surface area (Å²) in [6.07, 6.45) is -0.300. The molecule has 0 aromatic heterocycles. The highest BCUT2D eigenvalue weighted by atomic mass is 79.9. The molecule has 1 amide bonds. The number of nitrogens with zero attached hydrogens (tertiary/aromatic N) is 1. The van der Waals surface area contributed by atoms with Crippen LogP contribution in [0.25, 0.3) is 5.76 Å². The minimum absolute atomic E-state index is 0.0427. The predicted molar refractivity (Wildman–Crippen MR) is 102 cm³/mol. The molecule has 1 unspecified atom stereocenters. The number of hydrogen-bond donors (Lipinski definition) is 2. The van der Waals surface area contributed by atoms with E-state index in [2.05, 4.69) is 15.9 Å². The van der Waals surface area contributed by atoms with Crippen molar-refractivity contribution in [3.8, 4) is 0 Å². The van der Waals surface area contributed by atoms with Gasteiger partial charge in [0.2, 0.25) is 0 Å². The van der Waals surface area contributed by atoms with Gasteiger partial charge >= 0.3 is 5.97 Å². The average molecular weight is 430 g/mol. The number of benzene rings is 2. The van der Waals surface area contributed by atoms with Crippen molar-refractivity contribution in [2.75, 3.05) is 6.54 Å². The fraction of sp³-hybridized carbons (Fsp3) is 0.150. The molecule has 27 heavy (non-hydrogen) atoms. The Hall–Kier alpha value is -2.93. The van der Waals surface area contributed by atoms with Crippen molar-refractivity contribution in [1.82, 2.24) is 4.90 Å². The number of carboxylic acids is 1. The molecule has 1 aliphatic heterocycles. The molecule has 2 N–H and O–H groups in total. The number of aliphatic hydroxyl groups excluding tert-OH is 1. The summed E-state index contributed by atoms with van der Waals surface area (Å²) in [5, 5.41) is 19.7. The van der Waals surface area contributed by atoms with Gasteiger partial charge in [0, 0.05) is 16.6 Å². The van der Waals surface area contributed by atoms with Crippen LogP contribution in [0.1, 0.15) is 23.6 Å². The van der Waals surface area contributed by atoms with E-state index in [1.54, 1.807) is 54.6 Å². The zero-order valence-corrected chi connectivity index (χ0v) is 15.7. The monoisotopic (exact) mass is 429 g/mol. The van der Waals surface area contributed by atoms with E-state index in [-0.39, 0.29) is 24.3 Å². The first-order chi connectivity index (χ1) is 12.9. The predicted octanol–water partition coefficient (Wildman–Crippen LogP) is 3.35. The molecule has 138 valence electrons. The lowest BCUT2D eigenvalue weighted by molar-refractivity contribution is -0.142. The van der Waals surface area contributed by atoms with Crippen molar-refractivity contribution in [3.05, 3.63) is 75.8 Å². The molecule has 6 nitrogen and oxygen atoms in total. The van der Waals surface area contributed by atoms with Gasteiger partial charge in [0.25, 0.3) is 11.7 Å². The lowest BCUT2D eigenvalue weighted by atomic mass is 9.95. The molecule has 7 heteroatoms. The Kier molecular flexibility index (Phi) is 5.41. The first kappa shape index (κ1) is 18.8. The molecule has 0 aliphatic carbocycles. The smallest absolute Gasteiger partial charge is 0.305 e.